The number of benzene rings is 1. The number of hydrogen-bond donors (Lipinski definition) is 2. The molecule has 0 aliphatic carbocycles. The van der Waals surface area contributed by atoms with E-state index in [0.29, 0.717) is 0 Å². The van der Waals surface area contributed by atoms with E-state index in [9.17, 15) is 18.8 Å². The van der Waals surface area contributed by atoms with Gasteiger partial charge in [-0.3, -0.25) is 9.59 Å². The number of ether oxygens (including phenoxy) is 1. The lowest BCUT2D eigenvalue weighted by atomic mass is 10.1. The second-order valence-electron chi connectivity index (χ2n) is 4.08. The van der Waals surface area contributed by atoms with Crippen LogP contribution in [-0.2, 0) is 14.3 Å². The van der Waals surface area contributed by atoms with Crippen molar-refractivity contribution in [2.45, 2.75) is 18.9 Å². The molecule has 1 unspecified atom stereocenters. The number of hydrogen-bond acceptors (Lipinski definition) is 4. The quantitative estimate of drug-likeness (QED) is 0.778. The largest absolute Gasteiger partial charge is 0.480 e. The summed E-state index contributed by atoms with van der Waals surface area (Å²) in [5, 5.41) is 11.0. The average Bonchev–Trinajstić information content (AvgIpc) is 2.42. The molecular weight excluding hydrogens is 305 g/mol. The lowest BCUT2D eigenvalue weighted by Crippen LogP contribution is -2.41. The van der Waals surface area contributed by atoms with Gasteiger partial charge in [0.25, 0.3) is 5.91 Å². The van der Waals surface area contributed by atoms with Gasteiger partial charge in [-0.15, -0.1) is 0 Å². The van der Waals surface area contributed by atoms with Crippen LogP contribution in [0, 0.1) is 5.82 Å². The molecule has 1 atom stereocenters. The molecule has 0 aliphatic rings. The fraction of sp³-hybridized carbons (Fsp3) is 0.308. The van der Waals surface area contributed by atoms with Crippen LogP contribution in [0.25, 0.3) is 0 Å². The van der Waals surface area contributed by atoms with Crippen molar-refractivity contribution < 1.29 is 28.6 Å². The smallest absolute Gasteiger partial charge is 0.326 e. The van der Waals surface area contributed by atoms with Crippen molar-refractivity contribution in [2.75, 3.05) is 7.11 Å². The molecular formula is C13H13ClFNO5. The maximum absolute atomic E-state index is 13.6. The number of carboxylic acids is 1. The molecule has 6 nitrogen and oxygen atoms in total. The van der Waals surface area contributed by atoms with E-state index in [4.69, 9.17) is 16.7 Å². The first-order chi connectivity index (χ1) is 9.86. The molecule has 0 heterocycles. The summed E-state index contributed by atoms with van der Waals surface area (Å²) in [4.78, 5) is 33.9. The van der Waals surface area contributed by atoms with Crippen molar-refractivity contribution in [2.24, 2.45) is 0 Å². The Bertz CT molecular complexity index is 543. The molecule has 0 bridgehead atoms. The van der Waals surface area contributed by atoms with Crippen molar-refractivity contribution in [1.29, 1.82) is 0 Å². The lowest BCUT2D eigenvalue weighted by Gasteiger charge is -2.14. The molecule has 0 aromatic heterocycles. The van der Waals surface area contributed by atoms with E-state index in [2.05, 4.69) is 10.1 Å². The van der Waals surface area contributed by atoms with Crippen LogP contribution >= 0.6 is 11.6 Å². The minimum atomic E-state index is -1.35. The normalized spacial score (nSPS) is 11.6. The van der Waals surface area contributed by atoms with E-state index in [1.54, 1.807) is 0 Å². The number of halogens is 2. The van der Waals surface area contributed by atoms with Crippen molar-refractivity contribution >= 4 is 29.4 Å². The summed E-state index contributed by atoms with van der Waals surface area (Å²) in [6.07, 6.45) is -0.376. The van der Waals surface area contributed by atoms with Gasteiger partial charge in [-0.1, -0.05) is 17.7 Å². The van der Waals surface area contributed by atoms with Gasteiger partial charge in [-0.25, -0.2) is 9.18 Å². The third-order valence-electron chi connectivity index (χ3n) is 2.66. The number of methoxy groups -OCH3 is 1. The van der Waals surface area contributed by atoms with Crippen LogP contribution < -0.4 is 5.32 Å². The Morgan fingerprint density at radius 2 is 2.10 bits per heavy atom. The molecule has 0 fully saturated rings. The lowest BCUT2D eigenvalue weighted by molar-refractivity contribution is -0.142. The molecule has 1 rings (SSSR count). The summed E-state index contributed by atoms with van der Waals surface area (Å²) < 4.78 is 17.9. The maximum atomic E-state index is 13.6. The first-order valence-electron chi connectivity index (χ1n) is 5.91. The van der Waals surface area contributed by atoms with Crippen LogP contribution in [0.2, 0.25) is 5.02 Å². The molecule has 0 radical (unpaired) electrons. The van der Waals surface area contributed by atoms with E-state index in [1.807, 2.05) is 0 Å². The molecule has 1 amide bonds. The Labute approximate surface area is 124 Å². The Hall–Kier alpha value is -2.15. The summed E-state index contributed by atoms with van der Waals surface area (Å²) in [5.74, 6) is -3.79. The standard InChI is InChI=1S/C13H13ClFNO5/c1-21-10(17)6-5-9(13(19)20)16-12(18)11-7(14)3-2-4-8(11)15/h2-4,9H,5-6H2,1H3,(H,16,18)(H,19,20). The van der Waals surface area contributed by atoms with Gasteiger partial charge in [0.2, 0.25) is 0 Å². The van der Waals surface area contributed by atoms with Gasteiger partial charge >= 0.3 is 11.9 Å². The van der Waals surface area contributed by atoms with E-state index >= 15 is 0 Å². The predicted octanol–water partition coefficient (Wildman–Crippen LogP) is 1.62. The Morgan fingerprint density at radius 1 is 1.43 bits per heavy atom. The highest BCUT2D eigenvalue weighted by Crippen LogP contribution is 2.19. The number of carbonyl (C=O) groups excluding carboxylic acids is 2. The van der Waals surface area contributed by atoms with Crippen molar-refractivity contribution in [1.82, 2.24) is 5.32 Å². The van der Waals surface area contributed by atoms with Gasteiger partial charge in [-0.2, -0.15) is 0 Å². The highest BCUT2D eigenvalue weighted by Gasteiger charge is 2.24. The summed E-state index contributed by atoms with van der Waals surface area (Å²) in [5.41, 5.74) is -0.441. The number of aliphatic carboxylic acids is 1. The fourth-order valence-electron chi connectivity index (χ4n) is 1.57. The zero-order chi connectivity index (χ0) is 16.0. The van der Waals surface area contributed by atoms with Crippen molar-refractivity contribution in [3.8, 4) is 0 Å². The minimum Gasteiger partial charge on any atom is -0.480 e. The van der Waals surface area contributed by atoms with Gasteiger partial charge in [0.05, 0.1) is 17.7 Å². The first kappa shape index (κ1) is 16.9. The summed E-state index contributed by atoms with van der Waals surface area (Å²) >= 11 is 5.72. The van der Waals surface area contributed by atoms with Crippen molar-refractivity contribution in [3.05, 3.63) is 34.6 Å². The summed E-state index contributed by atoms with van der Waals surface area (Å²) in [6, 6.07) is 2.31. The number of rotatable bonds is 6. The molecule has 114 valence electrons. The highest BCUT2D eigenvalue weighted by molar-refractivity contribution is 6.33. The van der Waals surface area contributed by atoms with E-state index in [0.717, 1.165) is 13.2 Å². The van der Waals surface area contributed by atoms with Crippen LogP contribution in [0.3, 0.4) is 0 Å². The molecule has 0 saturated carbocycles. The van der Waals surface area contributed by atoms with Crippen LogP contribution in [0.4, 0.5) is 4.39 Å². The molecule has 0 aliphatic heterocycles. The van der Waals surface area contributed by atoms with Crippen molar-refractivity contribution in [3.63, 3.8) is 0 Å². The number of esters is 1. The van der Waals surface area contributed by atoms with Gasteiger partial charge in [0, 0.05) is 6.42 Å². The number of nitrogens with one attached hydrogen (secondary N) is 1. The second-order valence-corrected chi connectivity index (χ2v) is 4.48. The number of carboxylic acid groups (broad SMARTS) is 1. The maximum Gasteiger partial charge on any atom is 0.326 e. The zero-order valence-electron chi connectivity index (χ0n) is 11.1. The predicted molar refractivity (Wildman–Crippen MR) is 71.6 cm³/mol. The van der Waals surface area contributed by atoms with Crippen LogP contribution in [0.15, 0.2) is 18.2 Å². The van der Waals surface area contributed by atoms with Gasteiger partial charge in [0.1, 0.15) is 11.9 Å². The Morgan fingerprint density at radius 3 is 2.62 bits per heavy atom. The van der Waals surface area contributed by atoms with Crippen LogP contribution in [0.5, 0.6) is 0 Å². The molecule has 2 N–H and O–H groups in total. The van der Waals surface area contributed by atoms with Crippen LogP contribution in [0.1, 0.15) is 23.2 Å². The highest BCUT2D eigenvalue weighted by atomic mass is 35.5. The minimum absolute atomic E-state index is 0.135. The number of amides is 1. The van der Waals surface area contributed by atoms with E-state index < -0.39 is 35.3 Å². The third-order valence-corrected chi connectivity index (χ3v) is 2.97. The van der Waals surface area contributed by atoms with E-state index in [1.165, 1.54) is 12.1 Å². The Balaban J connectivity index is 2.82. The fourth-order valence-corrected chi connectivity index (χ4v) is 1.82. The number of carbonyl (C=O) groups is 3. The average molecular weight is 318 g/mol. The van der Waals surface area contributed by atoms with Crippen LogP contribution in [-0.4, -0.2) is 36.1 Å². The summed E-state index contributed by atoms with van der Waals surface area (Å²) in [7, 11) is 1.16. The molecule has 0 spiro atoms. The third kappa shape index (κ3) is 4.71. The SMILES string of the molecule is COC(=O)CCC(NC(=O)c1c(F)cccc1Cl)C(=O)O. The van der Waals surface area contributed by atoms with Gasteiger partial charge in [0.15, 0.2) is 0 Å². The molecule has 1 aromatic carbocycles. The molecule has 8 heteroatoms. The molecule has 1 aromatic rings. The molecule has 0 saturated heterocycles. The topological polar surface area (TPSA) is 92.7 Å². The second kappa shape index (κ2) is 7.58. The summed E-state index contributed by atoms with van der Waals surface area (Å²) in [6.45, 7) is 0. The Kier molecular flexibility index (Phi) is 6.10. The first-order valence-corrected chi connectivity index (χ1v) is 6.29. The monoisotopic (exact) mass is 317 g/mol. The molecule has 21 heavy (non-hydrogen) atoms. The zero-order valence-corrected chi connectivity index (χ0v) is 11.8. The van der Waals surface area contributed by atoms with E-state index in [-0.39, 0.29) is 17.9 Å². The van der Waals surface area contributed by atoms with Gasteiger partial charge < -0.3 is 15.2 Å². The van der Waals surface area contributed by atoms with Gasteiger partial charge in [-0.05, 0) is 18.6 Å².